The summed E-state index contributed by atoms with van der Waals surface area (Å²) in [5.74, 6) is -2.27. The number of halogens is 1. The van der Waals surface area contributed by atoms with Crippen LogP contribution in [0.5, 0.6) is 5.75 Å². The number of esters is 1. The molecule has 1 atom stereocenters. The zero-order valence-electron chi connectivity index (χ0n) is 21.2. The standard InChI is InChI=1S/C29H20FN5O5/c1-16(25-23(34-13-5-12-31-34)11-10-22(32-25)29(38)39-2)40-24-15-17-14-18(30)8-9-21(17)33-26(24)35-27(36)19-6-3-4-7-20(19)28(35)37/h3-16H,1-2H3. The van der Waals surface area contributed by atoms with Gasteiger partial charge in [-0.2, -0.15) is 5.10 Å². The van der Waals surface area contributed by atoms with Gasteiger partial charge in [0.1, 0.15) is 23.3 Å². The normalized spacial score (nSPS) is 13.4. The summed E-state index contributed by atoms with van der Waals surface area (Å²) in [6, 6.07) is 16.8. The van der Waals surface area contributed by atoms with Crippen LogP contribution in [0.1, 0.15) is 49.9 Å². The fourth-order valence-electron chi connectivity index (χ4n) is 4.58. The Labute approximate surface area is 226 Å². The number of carbonyl (C=O) groups excluding carboxylic acids is 3. The first kappa shape index (κ1) is 24.9. The lowest BCUT2D eigenvalue weighted by Crippen LogP contribution is -2.31. The molecule has 1 unspecified atom stereocenters. The SMILES string of the molecule is COC(=O)c1ccc(-n2cccn2)c(C(C)Oc2cc3cc(F)ccc3nc2N2C(=O)c3ccccc3C2=O)n1. The average Bonchev–Trinajstić information content (AvgIpc) is 3.59. The highest BCUT2D eigenvalue weighted by atomic mass is 19.1. The van der Waals surface area contributed by atoms with Gasteiger partial charge in [-0.05, 0) is 61.5 Å². The minimum atomic E-state index is -0.856. The maximum absolute atomic E-state index is 14.1. The summed E-state index contributed by atoms with van der Waals surface area (Å²) in [5.41, 5.74) is 1.72. The van der Waals surface area contributed by atoms with Gasteiger partial charge in [-0.3, -0.25) is 9.59 Å². The Morgan fingerprint density at radius 3 is 2.38 bits per heavy atom. The van der Waals surface area contributed by atoms with Crippen LogP contribution in [-0.4, -0.2) is 44.6 Å². The van der Waals surface area contributed by atoms with E-state index in [0.29, 0.717) is 22.3 Å². The predicted octanol–water partition coefficient (Wildman–Crippen LogP) is 4.68. The van der Waals surface area contributed by atoms with E-state index >= 15 is 0 Å². The van der Waals surface area contributed by atoms with Crippen LogP contribution in [0.15, 0.2) is 79.1 Å². The first-order chi connectivity index (χ1) is 19.4. The number of hydrogen-bond donors (Lipinski definition) is 0. The number of rotatable bonds is 6. The lowest BCUT2D eigenvalue weighted by atomic mass is 10.1. The number of anilines is 1. The number of imide groups is 1. The van der Waals surface area contributed by atoms with Gasteiger partial charge < -0.3 is 9.47 Å². The van der Waals surface area contributed by atoms with Crippen LogP contribution in [0, 0.1) is 5.82 Å². The van der Waals surface area contributed by atoms with Crippen molar-refractivity contribution in [1.29, 1.82) is 0 Å². The van der Waals surface area contributed by atoms with Crippen LogP contribution < -0.4 is 9.64 Å². The van der Waals surface area contributed by atoms with Crippen molar-refractivity contribution in [2.75, 3.05) is 12.0 Å². The lowest BCUT2D eigenvalue weighted by molar-refractivity contribution is 0.0592. The molecule has 0 radical (unpaired) electrons. The zero-order valence-corrected chi connectivity index (χ0v) is 21.2. The van der Waals surface area contributed by atoms with E-state index < -0.39 is 29.7 Å². The van der Waals surface area contributed by atoms with Crippen molar-refractivity contribution in [1.82, 2.24) is 19.7 Å². The zero-order chi connectivity index (χ0) is 28.0. The predicted molar refractivity (Wildman–Crippen MR) is 141 cm³/mol. The number of carbonyl (C=O) groups is 3. The highest BCUT2D eigenvalue weighted by Crippen LogP contribution is 2.38. The number of pyridine rings is 2. The van der Waals surface area contributed by atoms with Crippen molar-refractivity contribution in [2.24, 2.45) is 0 Å². The van der Waals surface area contributed by atoms with E-state index in [-0.39, 0.29) is 28.4 Å². The summed E-state index contributed by atoms with van der Waals surface area (Å²) in [5, 5.41) is 4.65. The molecular formula is C29H20FN5O5. The number of aromatic nitrogens is 4. The Hall–Kier alpha value is -5.45. The second-order valence-corrected chi connectivity index (χ2v) is 8.94. The van der Waals surface area contributed by atoms with Crippen molar-refractivity contribution in [3.8, 4) is 11.4 Å². The average molecular weight is 538 g/mol. The van der Waals surface area contributed by atoms with E-state index in [0.717, 1.165) is 4.90 Å². The van der Waals surface area contributed by atoms with Gasteiger partial charge in [0.15, 0.2) is 11.6 Å². The summed E-state index contributed by atoms with van der Waals surface area (Å²) in [6.07, 6.45) is 2.44. The minimum Gasteiger partial charge on any atom is -0.480 e. The van der Waals surface area contributed by atoms with Gasteiger partial charge in [0.25, 0.3) is 11.8 Å². The third kappa shape index (κ3) is 4.13. The summed E-state index contributed by atoms with van der Waals surface area (Å²) in [7, 11) is 1.25. The van der Waals surface area contributed by atoms with Crippen LogP contribution in [0.2, 0.25) is 0 Å². The third-order valence-corrected chi connectivity index (χ3v) is 6.47. The highest BCUT2D eigenvalue weighted by Gasteiger charge is 2.39. The molecule has 2 amide bonds. The third-order valence-electron chi connectivity index (χ3n) is 6.47. The highest BCUT2D eigenvalue weighted by molar-refractivity contribution is 6.34. The minimum absolute atomic E-state index is 0.0387. The van der Waals surface area contributed by atoms with Crippen molar-refractivity contribution in [2.45, 2.75) is 13.0 Å². The first-order valence-electron chi connectivity index (χ1n) is 12.2. The maximum atomic E-state index is 14.1. The van der Waals surface area contributed by atoms with Gasteiger partial charge in [0.2, 0.25) is 0 Å². The van der Waals surface area contributed by atoms with E-state index in [9.17, 15) is 18.8 Å². The molecule has 0 fully saturated rings. The second-order valence-electron chi connectivity index (χ2n) is 8.94. The molecule has 3 aromatic heterocycles. The van der Waals surface area contributed by atoms with Gasteiger partial charge in [0, 0.05) is 17.8 Å². The fraction of sp³-hybridized carbons (Fsp3) is 0.103. The first-order valence-corrected chi connectivity index (χ1v) is 12.2. The lowest BCUT2D eigenvalue weighted by Gasteiger charge is -2.22. The van der Waals surface area contributed by atoms with E-state index in [4.69, 9.17) is 9.47 Å². The molecule has 0 bridgehead atoms. The number of hydrogen-bond acceptors (Lipinski definition) is 8. The van der Waals surface area contributed by atoms with Crippen molar-refractivity contribution in [3.05, 3.63) is 107 Å². The Kier molecular flexibility index (Phi) is 6.03. The van der Waals surface area contributed by atoms with Crippen LogP contribution in [0.3, 0.4) is 0 Å². The maximum Gasteiger partial charge on any atom is 0.356 e. The molecule has 11 heteroatoms. The molecule has 2 aromatic carbocycles. The monoisotopic (exact) mass is 537 g/mol. The molecule has 0 N–H and O–H groups in total. The smallest absolute Gasteiger partial charge is 0.356 e. The largest absolute Gasteiger partial charge is 0.480 e. The number of benzene rings is 2. The second kappa shape index (κ2) is 9.70. The topological polar surface area (TPSA) is 117 Å². The van der Waals surface area contributed by atoms with Crippen LogP contribution in [-0.2, 0) is 4.74 Å². The molecule has 6 rings (SSSR count). The van der Waals surface area contributed by atoms with Crippen molar-refractivity contribution in [3.63, 3.8) is 0 Å². The molecule has 10 nitrogen and oxygen atoms in total. The van der Waals surface area contributed by atoms with Gasteiger partial charge in [-0.1, -0.05) is 12.1 Å². The Morgan fingerprint density at radius 2 is 1.70 bits per heavy atom. The molecule has 1 aliphatic rings. The molecule has 198 valence electrons. The molecule has 4 heterocycles. The van der Waals surface area contributed by atoms with E-state index in [1.165, 1.54) is 37.4 Å². The summed E-state index contributed by atoms with van der Waals surface area (Å²) < 4.78 is 26.8. The molecular weight excluding hydrogens is 517 g/mol. The quantitative estimate of drug-likeness (QED) is 0.226. The van der Waals surface area contributed by atoms with E-state index in [1.807, 2.05) is 0 Å². The number of amides is 2. The number of methoxy groups -OCH3 is 1. The Bertz CT molecular complexity index is 1790. The Balaban J connectivity index is 1.48. The molecule has 0 spiro atoms. The van der Waals surface area contributed by atoms with Crippen molar-refractivity contribution >= 4 is 34.5 Å². The van der Waals surface area contributed by atoms with Gasteiger partial charge in [0.05, 0.1) is 29.4 Å². The van der Waals surface area contributed by atoms with Gasteiger partial charge in [-0.15, -0.1) is 0 Å². The molecule has 5 aromatic rings. The van der Waals surface area contributed by atoms with Gasteiger partial charge in [-0.25, -0.2) is 28.7 Å². The molecule has 0 saturated heterocycles. The fourth-order valence-corrected chi connectivity index (χ4v) is 4.58. The summed E-state index contributed by atoms with van der Waals surface area (Å²) in [4.78, 5) is 48.9. The number of ether oxygens (including phenoxy) is 2. The summed E-state index contributed by atoms with van der Waals surface area (Å²) >= 11 is 0. The van der Waals surface area contributed by atoms with Crippen LogP contribution >= 0.6 is 0 Å². The van der Waals surface area contributed by atoms with Gasteiger partial charge >= 0.3 is 5.97 Å². The van der Waals surface area contributed by atoms with Crippen LogP contribution in [0.4, 0.5) is 10.2 Å². The molecule has 0 saturated carbocycles. The molecule has 0 aliphatic carbocycles. The number of fused-ring (bicyclic) bond motifs is 2. The van der Waals surface area contributed by atoms with Crippen molar-refractivity contribution < 1.29 is 28.2 Å². The Morgan fingerprint density at radius 1 is 0.950 bits per heavy atom. The number of nitrogens with zero attached hydrogens (tertiary/aromatic N) is 5. The molecule has 1 aliphatic heterocycles. The van der Waals surface area contributed by atoms with E-state index in [2.05, 4.69) is 15.1 Å². The molecule has 40 heavy (non-hydrogen) atoms. The van der Waals surface area contributed by atoms with Crippen LogP contribution in [0.25, 0.3) is 16.6 Å². The van der Waals surface area contributed by atoms with E-state index in [1.54, 1.807) is 60.4 Å². The summed E-state index contributed by atoms with van der Waals surface area (Å²) in [6.45, 7) is 1.68.